The van der Waals surface area contributed by atoms with Gasteiger partial charge in [0, 0.05) is 18.7 Å². The molecule has 1 aromatic rings. The van der Waals surface area contributed by atoms with E-state index in [9.17, 15) is 26.3 Å². The molecule has 0 N–H and O–H groups in total. The van der Waals surface area contributed by atoms with E-state index in [0.717, 1.165) is 25.2 Å². The second-order valence-electron chi connectivity index (χ2n) is 6.48. The van der Waals surface area contributed by atoms with Gasteiger partial charge in [-0.2, -0.15) is 26.3 Å². The van der Waals surface area contributed by atoms with Gasteiger partial charge < -0.3 is 4.48 Å². The standard InChI is InChI=1S/C16H21F6N2/c1-3-24(6-4-23(2)5-7-24)11-12-8-13(15(17,18)19)10-14(9-12)16(20,21)22/h8-10H,3-7,11H2,1-2H3/q+1. The minimum Gasteiger partial charge on any atom is -0.318 e. The lowest BCUT2D eigenvalue weighted by atomic mass is 10.0. The molecule has 136 valence electrons. The van der Waals surface area contributed by atoms with Crippen LogP contribution in [-0.2, 0) is 18.9 Å². The maximum Gasteiger partial charge on any atom is 0.416 e. The number of nitrogens with zero attached hydrogens (tertiary/aromatic N) is 2. The van der Waals surface area contributed by atoms with Crippen LogP contribution in [-0.4, -0.2) is 49.2 Å². The number of rotatable bonds is 3. The Bertz CT molecular complexity index is 539. The maximum atomic E-state index is 13.0. The Labute approximate surface area is 137 Å². The second-order valence-corrected chi connectivity index (χ2v) is 6.48. The summed E-state index contributed by atoms with van der Waals surface area (Å²) in [6, 6.07) is 1.89. The van der Waals surface area contributed by atoms with Gasteiger partial charge in [-0.15, -0.1) is 0 Å². The van der Waals surface area contributed by atoms with Crippen LogP contribution in [0.15, 0.2) is 18.2 Å². The first-order valence-corrected chi connectivity index (χ1v) is 7.77. The normalized spacial score (nSPS) is 19.5. The molecule has 8 heteroatoms. The molecule has 0 aromatic heterocycles. The van der Waals surface area contributed by atoms with Crippen molar-refractivity contribution in [2.24, 2.45) is 0 Å². The van der Waals surface area contributed by atoms with Crippen molar-refractivity contribution in [2.45, 2.75) is 25.8 Å². The molecule has 1 aliphatic rings. The second kappa shape index (κ2) is 6.55. The highest BCUT2D eigenvalue weighted by Crippen LogP contribution is 2.37. The summed E-state index contributed by atoms with van der Waals surface area (Å²) < 4.78 is 78.3. The predicted molar refractivity (Wildman–Crippen MR) is 78.2 cm³/mol. The molecule has 1 saturated heterocycles. The van der Waals surface area contributed by atoms with Crippen molar-refractivity contribution < 1.29 is 30.8 Å². The molecule has 1 heterocycles. The topological polar surface area (TPSA) is 3.24 Å². The van der Waals surface area contributed by atoms with Crippen LogP contribution in [0.5, 0.6) is 0 Å². The number of likely N-dealkylation sites (N-methyl/N-ethyl adjacent to an activating group) is 2. The monoisotopic (exact) mass is 355 g/mol. The zero-order chi connectivity index (χ0) is 18.2. The molecular weight excluding hydrogens is 334 g/mol. The molecule has 2 rings (SSSR count). The van der Waals surface area contributed by atoms with Gasteiger partial charge in [-0.3, -0.25) is 4.90 Å². The number of quaternary nitrogens is 1. The number of hydrogen-bond acceptors (Lipinski definition) is 1. The zero-order valence-corrected chi connectivity index (χ0v) is 13.6. The Morgan fingerprint density at radius 1 is 0.917 bits per heavy atom. The van der Waals surface area contributed by atoms with Crippen molar-refractivity contribution in [3.8, 4) is 0 Å². The summed E-state index contributed by atoms with van der Waals surface area (Å²) in [6.07, 6.45) is -9.59. The van der Waals surface area contributed by atoms with Crippen molar-refractivity contribution in [1.29, 1.82) is 0 Å². The molecule has 0 amide bonds. The van der Waals surface area contributed by atoms with Crippen molar-refractivity contribution in [2.75, 3.05) is 39.8 Å². The minimum absolute atomic E-state index is 0.0866. The van der Waals surface area contributed by atoms with E-state index in [4.69, 9.17) is 0 Å². The fraction of sp³-hybridized carbons (Fsp3) is 0.625. The fourth-order valence-electron chi connectivity index (χ4n) is 3.07. The van der Waals surface area contributed by atoms with Gasteiger partial charge >= 0.3 is 12.4 Å². The van der Waals surface area contributed by atoms with E-state index in [1.54, 1.807) is 0 Å². The summed E-state index contributed by atoms with van der Waals surface area (Å²) in [5.74, 6) is 0. The first kappa shape index (κ1) is 19.1. The third-order valence-electron chi connectivity index (χ3n) is 4.75. The number of benzene rings is 1. The summed E-state index contributed by atoms with van der Waals surface area (Å²) in [5, 5.41) is 0. The average Bonchev–Trinajstić information content (AvgIpc) is 2.48. The molecule has 0 saturated carbocycles. The molecule has 1 fully saturated rings. The molecular formula is C16H21F6N2+. The lowest BCUT2D eigenvalue weighted by Crippen LogP contribution is -2.58. The Morgan fingerprint density at radius 3 is 1.75 bits per heavy atom. The van der Waals surface area contributed by atoms with Gasteiger partial charge in [0.25, 0.3) is 0 Å². The summed E-state index contributed by atoms with van der Waals surface area (Å²) in [7, 11) is 1.95. The first-order chi connectivity index (χ1) is 11.0. The minimum atomic E-state index is -4.80. The summed E-state index contributed by atoms with van der Waals surface area (Å²) >= 11 is 0. The van der Waals surface area contributed by atoms with Crippen molar-refractivity contribution in [1.82, 2.24) is 4.90 Å². The van der Waals surface area contributed by atoms with Crippen LogP contribution in [0.25, 0.3) is 0 Å². The van der Waals surface area contributed by atoms with Crippen LogP contribution >= 0.6 is 0 Å². The van der Waals surface area contributed by atoms with Crippen LogP contribution in [0, 0.1) is 0 Å². The summed E-state index contributed by atoms with van der Waals surface area (Å²) in [4.78, 5) is 2.11. The number of alkyl halides is 6. The molecule has 1 aliphatic heterocycles. The number of halogens is 6. The van der Waals surface area contributed by atoms with E-state index in [-0.39, 0.29) is 18.2 Å². The van der Waals surface area contributed by atoms with Crippen molar-refractivity contribution >= 4 is 0 Å². The van der Waals surface area contributed by atoms with Crippen LogP contribution in [0.2, 0.25) is 0 Å². The molecule has 0 aliphatic carbocycles. The van der Waals surface area contributed by atoms with E-state index >= 15 is 0 Å². The van der Waals surface area contributed by atoms with E-state index < -0.39 is 23.5 Å². The maximum absolute atomic E-state index is 13.0. The van der Waals surface area contributed by atoms with Crippen molar-refractivity contribution in [3.63, 3.8) is 0 Å². The Hall–Kier alpha value is -1.28. The fourth-order valence-corrected chi connectivity index (χ4v) is 3.07. The molecule has 0 spiro atoms. The third kappa shape index (κ3) is 4.42. The van der Waals surface area contributed by atoms with Gasteiger partial charge in [0.05, 0.1) is 30.8 Å². The number of hydrogen-bond donors (Lipinski definition) is 0. The van der Waals surface area contributed by atoms with Crippen LogP contribution in [0.3, 0.4) is 0 Å². The summed E-state index contributed by atoms with van der Waals surface area (Å²) in [5.41, 5.74) is -2.39. The quantitative estimate of drug-likeness (QED) is 0.585. The largest absolute Gasteiger partial charge is 0.416 e. The van der Waals surface area contributed by atoms with Gasteiger partial charge in [-0.25, -0.2) is 0 Å². The molecule has 0 atom stereocenters. The molecule has 0 unspecified atom stereocenters. The summed E-state index contributed by atoms with van der Waals surface area (Å²) in [6.45, 7) is 5.75. The number of piperazine rings is 1. The van der Waals surface area contributed by atoms with E-state index in [2.05, 4.69) is 4.90 Å². The first-order valence-electron chi connectivity index (χ1n) is 7.77. The smallest absolute Gasteiger partial charge is 0.318 e. The zero-order valence-electron chi connectivity index (χ0n) is 13.6. The van der Waals surface area contributed by atoms with Crippen LogP contribution in [0.1, 0.15) is 23.6 Å². The highest BCUT2D eigenvalue weighted by Gasteiger charge is 2.38. The SMILES string of the molecule is CC[N+]1(Cc2cc(C(F)(F)F)cc(C(F)(F)F)c2)CCN(C)CC1. The lowest BCUT2D eigenvalue weighted by molar-refractivity contribution is -0.943. The molecule has 24 heavy (non-hydrogen) atoms. The van der Waals surface area contributed by atoms with Gasteiger partial charge in [0.2, 0.25) is 0 Å². The molecule has 0 radical (unpaired) electrons. The van der Waals surface area contributed by atoms with E-state index in [0.29, 0.717) is 24.1 Å². The van der Waals surface area contributed by atoms with E-state index in [1.807, 2.05) is 14.0 Å². The Kier molecular flexibility index (Phi) is 5.20. The van der Waals surface area contributed by atoms with Gasteiger partial charge in [0.15, 0.2) is 0 Å². The van der Waals surface area contributed by atoms with Gasteiger partial charge in [0.1, 0.15) is 6.54 Å². The van der Waals surface area contributed by atoms with Crippen molar-refractivity contribution in [3.05, 3.63) is 34.9 Å². The Morgan fingerprint density at radius 2 is 1.38 bits per heavy atom. The average molecular weight is 355 g/mol. The van der Waals surface area contributed by atoms with Gasteiger partial charge in [-0.1, -0.05) is 0 Å². The van der Waals surface area contributed by atoms with E-state index in [1.165, 1.54) is 0 Å². The lowest BCUT2D eigenvalue weighted by Gasteiger charge is -2.43. The highest BCUT2D eigenvalue weighted by atomic mass is 19.4. The van der Waals surface area contributed by atoms with Gasteiger partial charge in [-0.05, 0) is 32.2 Å². The van der Waals surface area contributed by atoms with Crippen LogP contribution in [0.4, 0.5) is 26.3 Å². The molecule has 1 aromatic carbocycles. The highest BCUT2D eigenvalue weighted by molar-refractivity contribution is 5.33. The third-order valence-corrected chi connectivity index (χ3v) is 4.75. The predicted octanol–water partition coefficient (Wildman–Crippen LogP) is 4.01. The van der Waals surface area contributed by atoms with Crippen LogP contribution < -0.4 is 0 Å². The molecule has 0 bridgehead atoms. The Balaban J connectivity index is 2.38. The molecule has 2 nitrogen and oxygen atoms in total.